The SMILES string of the molecule is O=C(O)CS(=O)(=O)NCC(=O)NC1CC1. The van der Waals surface area contributed by atoms with E-state index >= 15 is 0 Å². The van der Waals surface area contributed by atoms with E-state index < -0.39 is 34.2 Å². The van der Waals surface area contributed by atoms with Gasteiger partial charge in [0.05, 0.1) is 6.54 Å². The van der Waals surface area contributed by atoms with Crippen LogP contribution in [0, 0.1) is 0 Å². The molecule has 8 heteroatoms. The molecular weight excluding hydrogens is 224 g/mol. The van der Waals surface area contributed by atoms with Crippen molar-refractivity contribution in [3.63, 3.8) is 0 Å². The Morgan fingerprint density at radius 3 is 2.40 bits per heavy atom. The van der Waals surface area contributed by atoms with Gasteiger partial charge in [-0.05, 0) is 12.8 Å². The number of carbonyl (C=O) groups excluding carboxylic acids is 1. The molecular formula is C7H12N2O5S. The number of sulfonamides is 1. The van der Waals surface area contributed by atoms with E-state index in [0.29, 0.717) is 0 Å². The molecule has 1 aliphatic carbocycles. The Bertz CT molecular complexity index is 360. The van der Waals surface area contributed by atoms with E-state index in [-0.39, 0.29) is 6.04 Å². The fraction of sp³-hybridized carbons (Fsp3) is 0.714. The molecule has 1 rings (SSSR count). The summed E-state index contributed by atoms with van der Waals surface area (Å²) in [5.74, 6) is -2.92. The third kappa shape index (κ3) is 5.33. The van der Waals surface area contributed by atoms with Gasteiger partial charge in [0.1, 0.15) is 0 Å². The minimum atomic E-state index is -3.90. The van der Waals surface area contributed by atoms with Crippen LogP contribution in [0.25, 0.3) is 0 Å². The Kier molecular flexibility index (Phi) is 3.64. The highest BCUT2D eigenvalue weighted by molar-refractivity contribution is 7.90. The molecule has 1 amide bonds. The van der Waals surface area contributed by atoms with Gasteiger partial charge < -0.3 is 10.4 Å². The number of carboxylic acids is 1. The largest absolute Gasteiger partial charge is 0.480 e. The van der Waals surface area contributed by atoms with Crippen molar-refractivity contribution in [2.75, 3.05) is 12.3 Å². The van der Waals surface area contributed by atoms with Gasteiger partial charge in [-0.25, -0.2) is 13.1 Å². The number of amides is 1. The van der Waals surface area contributed by atoms with Crippen molar-refractivity contribution in [2.45, 2.75) is 18.9 Å². The molecule has 0 aliphatic heterocycles. The summed E-state index contributed by atoms with van der Waals surface area (Å²) in [7, 11) is -3.90. The smallest absolute Gasteiger partial charge is 0.320 e. The van der Waals surface area contributed by atoms with Gasteiger partial charge in [-0.1, -0.05) is 0 Å². The molecule has 0 radical (unpaired) electrons. The summed E-state index contributed by atoms with van der Waals surface area (Å²) in [6.45, 7) is -0.411. The molecule has 15 heavy (non-hydrogen) atoms. The first-order chi connectivity index (χ1) is 6.89. The maximum Gasteiger partial charge on any atom is 0.320 e. The number of hydrogen-bond donors (Lipinski definition) is 3. The molecule has 1 fully saturated rings. The minimum absolute atomic E-state index is 0.154. The fourth-order valence-electron chi connectivity index (χ4n) is 0.895. The highest BCUT2D eigenvalue weighted by Crippen LogP contribution is 2.18. The lowest BCUT2D eigenvalue weighted by molar-refractivity contribution is -0.134. The van der Waals surface area contributed by atoms with Crippen molar-refractivity contribution in [1.82, 2.24) is 10.0 Å². The monoisotopic (exact) mass is 236 g/mol. The number of rotatable bonds is 6. The lowest BCUT2D eigenvalue weighted by Crippen LogP contribution is -2.39. The van der Waals surface area contributed by atoms with Crippen LogP contribution in [0.2, 0.25) is 0 Å². The van der Waals surface area contributed by atoms with E-state index in [4.69, 9.17) is 5.11 Å². The lowest BCUT2D eigenvalue weighted by atomic mass is 10.5. The summed E-state index contributed by atoms with van der Waals surface area (Å²) in [5, 5.41) is 10.8. The Hall–Kier alpha value is -1.15. The van der Waals surface area contributed by atoms with Gasteiger partial charge in [-0.15, -0.1) is 0 Å². The van der Waals surface area contributed by atoms with Crippen LogP contribution in [0.1, 0.15) is 12.8 Å². The summed E-state index contributed by atoms with van der Waals surface area (Å²) in [5.41, 5.74) is 0. The van der Waals surface area contributed by atoms with Gasteiger partial charge in [-0.3, -0.25) is 9.59 Å². The van der Waals surface area contributed by atoms with Crippen molar-refractivity contribution >= 4 is 21.9 Å². The Labute approximate surface area is 86.9 Å². The van der Waals surface area contributed by atoms with E-state index in [0.717, 1.165) is 12.8 Å². The standard InChI is InChI=1S/C7H12N2O5S/c10-6(9-5-1-2-5)3-8-15(13,14)4-7(11)12/h5,8H,1-4H2,(H,9,10)(H,11,12). The van der Waals surface area contributed by atoms with Crippen LogP contribution in [0.5, 0.6) is 0 Å². The topological polar surface area (TPSA) is 113 Å². The summed E-state index contributed by atoms with van der Waals surface area (Å²) < 4.78 is 23.9. The number of carbonyl (C=O) groups is 2. The van der Waals surface area contributed by atoms with Crippen molar-refractivity contribution in [1.29, 1.82) is 0 Å². The summed E-state index contributed by atoms with van der Waals surface area (Å²) >= 11 is 0. The van der Waals surface area contributed by atoms with Crippen LogP contribution < -0.4 is 10.0 Å². The molecule has 1 aliphatic rings. The maximum absolute atomic E-state index is 11.0. The van der Waals surface area contributed by atoms with Crippen molar-refractivity contribution in [2.24, 2.45) is 0 Å². The molecule has 0 aromatic rings. The Morgan fingerprint density at radius 1 is 1.33 bits per heavy atom. The number of aliphatic carboxylic acids is 1. The molecule has 0 aromatic heterocycles. The lowest BCUT2D eigenvalue weighted by Gasteiger charge is -2.04. The van der Waals surface area contributed by atoms with Crippen LogP contribution in [0.3, 0.4) is 0 Å². The second kappa shape index (κ2) is 4.58. The Morgan fingerprint density at radius 2 is 1.93 bits per heavy atom. The highest BCUT2D eigenvalue weighted by Gasteiger charge is 2.24. The number of carboxylic acid groups (broad SMARTS) is 1. The molecule has 7 nitrogen and oxygen atoms in total. The molecule has 0 atom stereocenters. The molecule has 0 aromatic carbocycles. The van der Waals surface area contributed by atoms with Crippen LogP contribution in [-0.4, -0.2) is 43.7 Å². The first-order valence-corrected chi connectivity index (χ1v) is 6.03. The van der Waals surface area contributed by atoms with Crippen molar-refractivity contribution < 1.29 is 23.1 Å². The Balaban J connectivity index is 2.27. The predicted molar refractivity (Wildman–Crippen MR) is 50.6 cm³/mol. The molecule has 0 unspecified atom stereocenters. The maximum atomic E-state index is 11.0. The van der Waals surface area contributed by atoms with E-state index in [1.807, 2.05) is 4.72 Å². The van der Waals surface area contributed by atoms with Gasteiger partial charge in [0, 0.05) is 6.04 Å². The first kappa shape index (κ1) is 11.9. The third-order valence-corrected chi connectivity index (χ3v) is 2.92. The molecule has 0 saturated heterocycles. The zero-order valence-corrected chi connectivity index (χ0v) is 8.71. The average molecular weight is 236 g/mol. The van der Waals surface area contributed by atoms with Crippen molar-refractivity contribution in [3.05, 3.63) is 0 Å². The van der Waals surface area contributed by atoms with E-state index in [2.05, 4.69) is 5.32 Å². The molecule has 86 valence electrons. The van der Waals surface area contributed by atoms with E-state index in [1.165, 1.54) is 0 Å². The van der Waals surface area contributed by atoms with Crippen LogP contribution >= 0.6 is 0 Å². The summed E-state index contributed by atoms with van der Waals surface area (Å²) in [4.78, 5) is 21.2. The van der Waals surface area contributed by atoms with Crippen LogP contribution in [-0.2, 0) is 19.6 Å². The van der Waals surface area contributed by atoms with Gasteiger partial charge in [-0.2, -0.15) is 0 Å². The molecule has 3 N–H and O–H groups in total. The van der Waals surface area contributed by atoms with Gasteiger partial charge >= 0.3 is 5.97 Å². The van der Waals surface area contributed by atoms with Gasteiger partial charge in [0.25, 0.3) is 0 Å². The van der Waals surface area contributed by atoms with E-state index in [9.17, 15) is 18.0 Å². The molecule has 1 saturated carbocycles. The summed E-state index contributed by atoms with van der Waals surface area (Å²) in [6.07, 6.45) is 1.82. The average Bonchev–Trinajstić information content (AvgIpc) is 2.82. The normalized spacial score (nSPS) is 16.0. The zero-order chi connectivity index (χ0) is 11.5. The second-order valence-electron chi connectivity index (χ2n) is 3.32. The van der Waals surface area contributed by atoms with Gasteiger partial charge in [0.2, 0.25) is 15.9 Å². The van der Waals surface area contributed by atoms with Crippen molar-refractivity contribution in [3.8, 4) is 0 Å². The van der Waals surface area contributed by atoms with Gasteiger partial charge in [0.15, 0.2) is 5.75 Å². The minimum Gasteiger partial charge on any atom is -0.480 e. The molecule has 0 spiro atoms. The van der Waals surface area contributed by atoms with E-state index in [1.54, 1.807) is 0 Å². The first-order valence-electron chi connectivity index (χ1n) is 4.37. The summed E-state index contributed by atoms with van der Waals surface area (Å²) in [6, 6.07) is 0.154. The fourth-order valence-corrected chi connectivity index (χ4v) is 1.67. The predicted octanol–water partition coefficient (Wildman–Crippen LogP) is -1.73. The van der Waals surface area contributed by atoms with Crippen LogP contribution in [0.15, 0.2) is 0 Å². The second-order valence-corrected chi connectivity index (χ2v) is 5.12. The number of hydrogen-bond acceptors (Lipinski definition) is 4. The highest BCUT2D eigenvalue weighted by atomic mass is 32.2. The number of nitrogens with one attached hydrogen (secondary N) is 2. The quantitative estimate of drug-likeness (QED) is 0.507. The zero-order valence-electron chi connectivity index (χ0n) is 7.89. The molecule has 0 bridgehead atoms. The molecule has 0 heterocycles. The third-order valence-electron chi connectivity index (χ3n) is 1.71. The van der Waals surface area contributed by atoms with Crippen LogP contribution in [0.4, 0.5) is 0 Å².